The van der Waals surface area contributed by atoms with Crippen molar-refractivity contribution in [2.45, 2.75) is 19.9 Å². The standard InChI is InChI=1S/C20H25FN4O3S/c1-15-11-18(23-28-15)22-19(26)13-29-14-20(27)25-8-2-7-24(9-10-25)12-16-3-5-17(21)6-4-16/h3-6,11H,2,7-10,12-14H2,1H3,(H,22,23,26). The van der Waals surface area contributed by atoms with Crippen molar-refractivity contribution in [1.29, 1.82) is 0 Å². The molecule has 9 heteroatoms. The lowest BCUT2D eigenvalue weighted by atomic mass is 10.2. The molecule has 3 rings (SSSR count). The number of amides is 2. The molecular formula is C20H25FN4O3S. The third-order valence-electron chi connectivity index (χ3n) is 4.61. The number of hydrogen-bond donors (Lipinski definition) is 1. The van der Waals surface area contributed by atoms with Crippen LogP contribution < -0.4 is 5.32 Å². The first-order chi connectivity index (χ1) is 14.0. The fourth-order valence-electron chi connectivity index (χ4n) is 3.15. The summed E-state index contributed by atoms with van der Waals surface area (Å²) in [6.07, 6.45) is 0.892. The molecular weight excluding hydrogens is 395 g/mol. The summed E-state index contributed by atoms with van der Waals surface area (Å²) in [5.74, 6) is 1.06. The second kappa shape index (κ2) is 10.4. The summed E-state index contributed by atoms with van der Waals surface area (Å²) in [5.41, 5.74) is 1.06. The van der Waals surface area contributed by atoms with Crippen LogP contribution in [-0.2, 0) is 16.1 Å². The molecule has 1 N–H and O–H groups in total. The van der Waals surface area contributed by atoms with E-state index in [1.165, 1.54) is 23.9 Å². The van der Waals surface area contributed by atoms with Crippen LogP contribution in [0.3, 0.4) is 0 Å². The Kier molecular flexibility index (Phi) is 7.65. The molecule has 0 aliphatic carbocycles. The van der Waals surface area contributed by atoms with Crippen molar-refractivity contribution in [2.24, 2.45) is 0 Å². The van der Waals surface area contributed by atoms with Crippen LogP contribution in [0.5, 0.6) is 0 Å². The number of carbonyl (C=O) groups excluding carboxylic acids is 2. The van der Waals surface area contributed by atoms with Crippen molar-refractivity contribution >= 4 is 29.4 Å². The number of halogens is 1. The fraction of sp³-hybridized carbons (Fsp3) is 0.450. The third kappa shape index (κ3) is 6.86. The summed E-state index contributed by atoms with van der Waals surface area (Å²) < 4.78 is 17.9. The van der Waals surface area contributed by atoms with Gasteiger partial charge in [-0.2, -0.15) is 0 Å². The maximum absolute atomic E-state index is 13.0. The van der Waals surface area contributed by atoms with Crippen molar-refractivity contribution in [2.75, 3.05) is 43.0 Å². The number of nitrogens with zero attached hydrogens (tertiary/aromatic N) is 3. The molecule has 0 radical (unpaired) electrons. The van der Waals surface area contributed by atoms with Gasteiger partial charge in [0.25, 0.3) is 0 Å². The van der Waals surface area contributed by atoms with Crippen molar-refractivity contribution < 1.29 is 18.5 Å². The lowest BCUT2D eigenvalue weighted by molar-refractivity contribution is -0.128. The second-order valence-corrected chi connectivity index (χ2v) is 7.99. The zero-order chi connectivity index (χ0) is 20.6. The lowest BCUT2D eigenvalue weighted by Crippen LogP contribution is -2.36. The Hall–Kier alpha value is -2.39. The van der Waals surface area contributed by atoms with Gasteiger partial charge in [-0.25, -0.2) is 4.39 Å². The molecule has 0 spiro atoms. The monoisotopic (exact) mass is 420 g/mol. The molecule has 0 unspecified atom stereocenters. The summed E-state index contributed by atoms with van der Waals surface area (Å²) in [5, 5.41) is 6.35. The second-order valence-electron chi connectivity index (χ2n) is 7.00. The minimum atomic E-state index is -0.233. The molecule has 2 heterocycles. The summed E-state index contributed by atoms with van der Waals surface area (Å²) in [6, 6.07) is 8.18. The number of carbonyl (C=O) groups is 2. The van der Waals surface area contributed by atoms with Crippen molar-refractivity contribution in [1.82, 2.24) is 15.0 Å². The molecule has 0 saturated carbocycles. The number of thioether (sulfide) groups is 1. The zero-order valence-electron chi connectivity index (χ0n) is 16.4. The lowest BCUT2D eigenvalue weighted by Gasteiger charge is -2.22. The average molecular weight is 421 g/mol. The molecule has 156 valence electrons. The molecule has 2 aromatic rings. The first-order valence-corrected chi connectivity index (χ1v) is 10.7. The van der Waals surface area contributed by atoms with Gasteiger partial charge in [0.05, 0.1) is 11.5 Å². The number of rotatable bonds is 7. The predicted molar refractivity (Wildman–Crippen MR) is 110 cm³/mol. The maximum Gasteiger partial charge on any atom is 0.235 e. The van der Waals surface area contributed by atoms with Crippen LogP contribution in [0.25, 0.3) is 0 Å². The van der Waals surface area contributed by atoms with Gasteiger partial charge in [0.2, 0.25) is 11.8 Å². The molecule has 1 aromatic carbocycles. The Morgan fingerprint density at radius 2 is 1.97 bits per heavy atom. The van der Waals surface area contributed by atoms with E-state index >= 15 is 0 Å². The minimum Gasteiger partial charge on any atom is -0.360 e. The van der Waals surface area contributed by atoms with E-state index in [0.29, 0.717) is 24.7 Å². The largest absolute Gasteiger partial charge is 0.360 e. The summed E-state index contributed by atoms with van der Waals surface area (Å²) in [6.45, 7) is 5.54. The van der Waals surface area contributed by atoms with E-state index in [1.54, 1.807) is 25.1 Å². The van der Waals surface area contributed by atoms with Crippen LogP contribution in [0.1, 0.15) is 17.7 Å². The molecule has 7 nitrogen and oxygen atoms in total. The predicted octanol–water partition coefficient (Wildman–Crippen LogP) is 2.53. The van der Waals surface area contributed by atoms with E-state index in [-0.39, 0.29) is 29.1 Å². The number of anilines is 1. The van der Waals surface area contributed by atoms with E-state index < -0.39 is 0 Å². The van der Waals surface area contributed by atoms with Gasteiger partial charge in [0.15, 0.2) is 5.82 Å². The Bertz CT molecular complexity index is 827. The van der Waals surface area contributed by atoms with Crippen LogP contribution in [0.2, 0.25) is 0 Å². The van der Waals surface area contributed by atoms with Gasteiger partial charge in [-0.3, -0.25) is 14.5 Å². The van der Waals surface area contributed by atoms with Crippen LogP contribution in [0, 0.1) is 12.7 Å². The molecule has 0 bridgehead atoms. The third-order valence-corrected chi connectivity index (χ3v) is 5.53. The number of aryl methyl sites for hydroxylation is 1. The fourth-order valence-corrected chi connectivity index (χ4v) is 3.87. The average Bonchev–Trinajstić information content (AvgIpc) is 2.96. The molecule has 1 aliphatic heterocycles. The molecule has 1 aromatic heterocycles. The van der Waals surface area contributed by atoms with Crippen LogP contribution >= 0.6 is 11.8 Å². The molecule has 0 atom stereocenters. The quantitative estimate of drug-likeness (QED) is 0.742. The Balaban J connectivity index is 1.37. The highest BCUT2D eigenvalue weighted by Crippen LogP contribution is 2.12. The van der Waals surface area contributed by atoms with E-state index in [9.17, 15) is 14.0 Å². The van der Waals surface area contributed by atoms with Crippen LogP contribution in [0.4, 0.5) is 10.2 Å². The number of nitrogens with one attached hydrogen (secondary N) is 1. The summed E-state index contributed by atoms with van der Waals surface area (Å²) in [7, 11) is 0. The smallest absolute Gasteiger partial charge is 0.235 e. The van der Waals surface area contributed by atoms with E-state index in [2.05, 4.69) is 15.4 Å². The highest BCUT2D eigenvalue weighted by Gasteiger charge is 2.19. The zero-order valence-corrected chi connectivity index (χ0v) is 17.2. The summed E-state index contributed by atoms with van der Waals surface area (Å²) >= 11 is 1.29. The first kappa shape index (κ1) is 21.3. The van der Waals surface area contributed by atoms with Gasteiger partial charge in [-0.1, -0.05) is 17.3 Å². The van der Waals surface area contributed by atoms with Gasteiger partial charge in [0.1, 0.15) is 11.6 Å². The normalized spacial score (nSPS) is 15.2. The van der Waals surface area contributed by atoms with Gasteiger partial charge >= 0.3 is 0 Å². The molecule has 2 amide bonds. The summed E-state index contributed by atoms with van der Waals surface area (Å²) in [4.78, 5) is 28.5. The first-order valence-electron chi connectivity index (χ1n) is 9.55. The Morgan fingerprint density at radius 1 is 1.17 bits per heavy atom. The van der Waals surface area contributed by atoms with Gasteiger partial charge in [0, 0.05) is 38.8 Å². The van der Waals surface area contributed by atoms with E-state index in [1.807, 2.05) is 4.90 Å². The maximum atomic E-state index is 13.0. The molecule has 1 saturated heterocycles. The van der Waals surface area contributed by atoms with Gasteiger partial charge in [-0.05, 0) is 31.0 Å². The van der Waals surface area contributed by atoms with E-state index in [4.69, 9.17) is 4.52 Å². The molecule has 1 fully saturated rings. The number of hydrogen-bond acceptors (Lipinski definition) is 6. The van der Waals surface area contributed by atoms with Crippen LogP contribution in [0.15, 0.2) is 34.9 Å². The highest BCUT2D eigenvalue weighted by molar-refractivity contribution is 8.00. The Morgan fingerprint density at radius 3 is 2.69 bits per heavy atom. The van der Waals surface area contributed by atoms with Crippen molar-refractivity contribution in [3.63, 3.8) is 0 Å². The number of aromatic nitrogens is 1. The van der Waals surface area contributed by atoms with Crippen LogP contribution in [-0.4, -0.2) is 64.5 Å². The van der Waals surface area contributed by atoms with E-state index in [0.717, 1.165) is 31.6 Å². The van der Waals surface area contributed by atoms with Gasteiger partial charge in [-0.15, -0.1) is 11.8 Å². The molecule has 29 heavy (non-hydrogen) atoms. The minimum absolute atomic E-state index is 0.0451. The van der Waals surface area contributed by atoms with Gasteiger partial charge < -0.3 is 14.7 Å². The van der Waals surface area contributed by atoms with Crippen molar-refractivity contribution in [3.8, 4) is 0 Å². The molecule has 1 aliphatic rings. The SMILES string of the molecule is Cc1cc(NC(=O)CSCC(=O)N2CCCN(Cc3ccc(F)cc3)CC2)no1. The number of benzene rings is 1. The van der Waals surface area contributed by atoms with Crippen molar-refractivity contribution in [3.05, 3.63) is 47.5 Å². The Labute approximate surface area is 173 Å². The highest BCUT2D eigenvalue weighted by atomic mass is 32.2. The topological polar surface area (TPSA) is 78.7 Å².